The number of nitrogens with zero attached hydrogens (tertiary/aromatic N) is 3. The van der Waals surface area contributed by atoms with Gasteiger partial charge in [0.05, 0.1) is 11.0 Å². The minimum absolute atomic E-state index is 0.0419. The molecule has 1 unspecified atom stereocenters. The predicted molar refractivity (Wildman–Crippen MR) is 106 cm³/mol. The second-order valence-corrected chi connectivity index (χ2v) is 6.80. The zero-order valence-corrected chi connectivity index (χ0v) is 15.6. The molecule has 0 radical (unpaired) electrons. The fourth-order valence-electron chi connectivity index (χ4n) is 3.37. The highest BCUT2D eigenvalue weighted by Gasteiger charge is 2.28. The van der Waals surface area contributed by atoms with Crippen molar-refractivity contribution in [3.63, 3.8) is 0 Å². The summed E-state index contributed by atoms with van der Waals surface area (Å²) in [5.74, 6) is -0.0419. The first-order valence-corrected chi connectivity index (χ1v) is 9.05. The Morgan fingerprint density at radius 1 is 1.11 bits per heavy atom. The zero-order valence-electron chi connectivity index (χ0n) is 15.6. The van der Waals surface area contributed by atoms with Gasteiger partial charge in [-0.05, 0) is 37.6 Å². The average molecular weight is 368 g/mol. The minimum atomic E-state index is -0.348. The molecule has 1 heterocycles. The van der Waals surface area contributed by atoms with Gasteiger partial charge in [-0.1, -0.05) is 24.3 Å². The van der Waals surface area contributed by atoms with E-state index in [2.05, 4.69) is 10.2 Å². The van der Waals surface area contributed by atoms with Crippen LogP contribution in [0.4, 0.5) is 17.1 Å². The predicted octanol–water partition coefficient (Wildman–Crippen LogP) is 3.05. The van der Waals surface area contributed by atoms with Crippen molar-refractivity contribution in [3.05, 3.63) is 64.2 Å². The number of benzene rings is 2. The molecule has 1 N–H and O–H groups in total. The smallest absolute Gasteiger partial charge is 0.292 e. The fourth-order valence-corrected chi connectivity index (χ4v) is 3.37. The van der Waals surface area contributed by atoms with Crippen LogP contribution < -0.4 is 10.2 Å². The molecule has 1 atom stereocenters. The Morgan fingerprint density at radius 3 is 2.48 bits per heavy atom. The van der Waals surface area contributed by atoms with E-state index in [4.69, 9.17) is 0 Å². The van der Waals surface area contributed by atoms with Gasteiger partial charge in [-0.2, -0.15) is 0 Å². The third-order valence-corrected chi connectivity index (χ3v) is 4.95. The Morgan fingerprint density at radius 2 is 1.81 bits per heavy atom. The van der Waals surface area contributed by atoms with Crippen LogP contribution >= 0.6 is 0 Å². The lowest BCUT2D eigenvalue weighted by atomic mass is 10.1. The molecule has 0 saturated carbocycles. The van der Waals surface area contributed by atoms with Gasteiger partial charge in [-0.3, -0.25) is 19.8 Å². The summed E-state index contributed by atoms with van der Waals surface area (Å²) in [6.45, 7) is 6.52. The van der Waals surface area contributed by atoms with Crippen molar-refractivity contribution >= 4 is 23.0 Å². The lowest BCUT2D eigenvalue weighted by Crippen LogP contribution is -2.53. The second-order valence-electron chi connectivity index (χ2n) is 6.80. The van der Waals surface area contributed by atoms with Crippen LogP contribution in [0.2, 0.25) is 0 Å². The molecule has 2 aromatic rings. The van der Waals surface area contributed by atoms with Gasteiger partial charge in [0.2, 0.25) is 5.91 Å². The first-order valence-electron chi connectivity index (χ1n) is 9.05. The number of rotatable bonds is 5. The number of carbonyl (C=O) groups is 1. The summed E-state index contributed by atoms with van der Waals surface area (Å²) in [6.07, 6.45) is 0. The van der Waals surface area contributed by atoms with Gasteiger partial charge < -0.3 is 10.2 Å². The highest BCUT2D eigenvalue weighted by molar-refractivity contribution is 5.94. The third kappa shape index (κ3) is 4.43. The van der Waals surface area contributed by atoms with E-state index in [9.17, 15) is 14.9 Å². The summed E-state index contributed by atoms with van der Waals surface area (Å²) in [4.78, 5) is 27.6. The molecule has 27 heavy (non-hydrogen) atoms. The van der Waals surface area contributed by atoms with E-state index in [1.807, 2.05) is 49.1 Å². The van der Waals surface area contributed by atoms with Gasteiger partial charge >= 0.3 is 0 Å². The lowest BCUT2D eigenvalue weighted by molar-refractivity contribution is -0.384. The number of hydrogen-bond donors (Lipinski definition) is 1. The monoisotopic (exact) mass is 368 g/mol. The maximum absolute atomic E-state index is 12.6. The quantitative estimate of drug-likeness (QED) is 0.648. The number of piperazine rings is 1. The number of amides is 1. The highest BCUT2D eigenvalue weighted by Crippen LogP contribution is 2.28. The number of nitro groups is 1. The van der Waals surface area contributed by atoms with E-state index in [-0.39, 0.29) is 22.6 Å². The summed E-state index contributed by atoms with van der Waals surface area (Å²) in [7, 11) is 0. The largest absolute Gasteiger partial charge is 0.363 e. The average Bonchev–Trinajstić information content (AvgIpc) is 2.67. The van der Waals surface area contributed by atoms with Crippen molar-refractivity contribution in [2.75, 3.05) is 36.4 Å². The fraction of sp³-hybridized carbons (Fsp3) is 0.350. The molecular formula is C20H24N4O3. The molecule has 1 fully saturated rings. The Kier molecular flexibility index (Phi) is 5.71. The number of nitro benzene ring substituents is 1. The van der Waals surface area contributed by atoms with Gasteiger partial charge in [0, 0.05) is 37.9 Å². The number of anilines is 2. The molecule has 0 spiro atoms. The standard InChI is InChI=1S/C20H24N4O3/c1-15-6-5-7-17(14-15)21-20(25)16(2)22-10-12-23(13-11-22)18-8-3-4-9-19(18)24(26)27/h3-9,14,16H,10-13H2,1-2H3,(H,21,25). The maximum Gasteiger partial charge on any atom is 0.292 e. The van der Waals surface area contributed by atoms with Gasteiger partial charge in [-0.15, -0.1) is 0 Å². The zero-order chi connectivity index (χ0) is 19.4. The van der Waals surface area contributed by atoms with E-state index in [0.29, 0.717) is 31.9 Å². The van der Waals surface area contributed by atoms with E-state index < -0.39 is 0 Å². The molecule has 0 aliphatic carbocycles. The van der Waals surface area contributed by atoms with E-state index >= 15 is 0 Å². The minimum Gasteiger partial charge on any atom is -0.363 e. The van der Waals surface area contributed by atoms with Crippen molar-refractivity contribution in [2.24, 2.45) is 0 Å². The summed E-state index contributed by atoms with van der Waals surface area (Å²) < 4.78 is 0. The Balaban J connectivity index is 1.60. The molecule has 0 aromatic heterocycles. The van der Waals surface area contributed by atoms with Gasteiger partial charge in [0.15, 0.2) is 0 Å². The van der Waals surface area contributed by atoms with Crippen LogP contribution in [-0.4, -0.2) is 48.0 Å². The molecule has 1 saturated heterocycles. The molecule has 1 aliphatic rings. The number of carbonyl (C=O) groups excluding carboxylic acids is 1. The summed E-state index contributed by atoms with van der Waals surface area (Å²) in [5, 5.41) is 14.2. The van der Waals surface area contributed by atoms with E-state index in [1.54, 1.807) is 12.1 Å². The van der Waals surface area contributed by atoms with Gasteiger partial charge in [-0.25, -0.2) is 0 Å². The molecule has 7 nitrogen and oxygen atoms in total. The Hall–Kier alpha value is -2.93. The number of hydrogen-bond acceptors (Lipinski definition) is 5. The summed E-state index contributed by atoms with van der Waals surface area (Å²) in [5.41, 5.74) is 2.65. The van der Waals surface area contributed by atoms with Crippen LogP contribution in [0.25, 0.3) is 0 Å². The first-order chi connectivity index (χ1) is 13.0. The van der Waals surface area contributed by atoms with Crippen LogP contribution in [0.5, 0.6) is 0 Å². The van der Waals surface area contributed by atoms with Crippen LogP contribution in [0, 0.1) is 17.0 Å². The summed E-state index contributed by atoms with van der Waals surface area (Å²) >= 11 is 0. The molecule has 7 heteroatoms. The normalized spacial score (nSPS) is 16.0. The van der Waals surface area contributed by atoms with Crippen molar-refractivity contribution in [3.8, 4) is 0 Å². The second kappa shape index (κ2) is 8.18. The lowest BCUT2D eigenvalue weighted by Gasteiger charge is -2.38. The van der Waals surface area contributed by atoms with Crippen molar-refractivity contribution < 1.29 is 9.72 Å². The molecule has 1 aliphatic heterocycles. The van der Waals surface area contributed by atoms with Crippen molar-refractivity contribution in [2.45, 2.75) is 19.9 Å². The number of nitrogens with one attached hydrogen (secondary N) is 1. The van der Waals surface area contributed by atoms with Crippen LogP contribution in [0.3, 0.4) is 0 Å². The number of aryl methyl sites for hydroxylation is 1. The number of para-hydroxylation sites is 2. The Bertz CT molecular complexity index is 831. The van der Waals surface area contributed by atoms with Gasteiger partial charge in [0.25, 0.3) is 5.69 Å². The van der Waals surface area contributed by atoms with Crippen molar-refractivity contribution in [1.82, 2.24) is 4.90 Å². The maximum atomic E-state index is 12.6. The molecule has 0 bridgehead atoms. The Labute approximate surface area is 158 Å². The van der Waals surface area contributed by atoms with E-state index in [0.717, 1.165) is 11.3 Å². The molecule has 3 rings (SSSR count). The highest BCUT2D eigenvalue weighted by atomic mass is 16.6. The van der Waals surface area contributed by atoms with Crippen LogP contribution in [-0.2, 0) is 4.79 Å². The third-order valence-electron chi connectivity index (χ3n) is 4.95. The van der Waals surface area contributed by atoms with Crippen LogP contribution in [0.15, 0.2) is 48.5 Å². The van der Waals surface area contributed by atoms with Gasteiger partial charge in [0.1, 0.15) is 5.69 Å². The topological polar surface area (TPSA) is 78.7 Å². The molecule has 1 amide bonds. The molecular weight excluding hydrogens is 344 g/mol. The summed E-state index contributed by atoms with van der Waals surface area (Å²) in [6, 6.07) is 14.3. The molecule has 142 valence electrons. The SMILES string of the molecule is Cc1cccc(NC(=O)C(C)N2CCN(c3ccccc3[N+](=O)[O-])CC2)c1. The first kappa shape index (κ1) is 18.8. The molecule has 2 aromatic carbocycles. The van der Waals surface area contributed by atoms with Crippen LogP contribution in [0.1, 0.15) is 12.5 Å². The van der Waals surface area contributed by atoms with E-state index in [1.165, 1.54) is 6.07 Å². The van der Waals surface area contributed by atoms with Crippen molar-refractivity contribution in [1.29, 1.82) is 0 Å².